The first-order chi connectivity index (χ1) is 13.1. The van der Waals surface area contributed by atoms with Gasteiger partial charge < -0.3 is 14.8 Å². The summed E-state index contributed by atoms with van der Waals surface area (Å²) in [4.78, 5) is 16.0. The molecule has 0 saturated carbocycles. The number of morpholine rings is 1. The minimum absolute atomic E-state index is 0.0318. The van der Waals surface area contributed by atoms with Crippen molar-refractivity contribution in [3.8, 4) is 5.75 Å². The lowest BCUT2D eigenvalue weighted by molar-refractivity contribution is -0.123. The van der Waals surface area contributed by atoms with Crippen molar-refractivity contribution >= 4 is 17.2 Å². The number of hydrogen-bond acceptors (Lipinski definition) is 5. The van der Waals surface area contributed by atoms with Crippen LogP contribution in [0.3, 0.4) is 0 Å². The van der Waals surface area contributed by atoms with Gasteiger partial charge in [0, 0.05) is 24.5 Å². The van der Waals surface area contributed by atoms with E-state index in [4.69, 9.17) is 9.47 Å². The molecule has 3 rings (SSSR count). The molecule has 1 atom stereocenters. The molecule has 1 aromatic carbocycles. The Morgan fingerprint density at radius 2 is 2.00 bits per heavy atom. The fourth-order valence-corrected chi connectivity index (χ4v) is 4.13. The van der Waals surface area contributed by atoms with Gasteiger partial charge in [-0.1, -0.05) is 38.1 Å². The maximum absolute atomic E-state index is 12.4. The second kappa shape index (κ2) is 9.88. The number of ether oxygens (including phenoxy) is 2. The van der Waals surface area contributed by atoms with Gasteiger partial charge in [-0.15, -0.1) is 11.3 Å². The Kier molecular flexibility index (Phi) is 7.26. The van der Waals surface area contributed by atoms with Crippen LogP contribution in [0.25, 0.3) is 0 Å². The van der Waals surface area contributed by atoms with Gasteiger partial charge in [0.25, 0.3) is 5.91 Å². The summed E-state index contributed by atoms with van der Waals surface area (Å²) in [5.74, 6) is 1.04. The summed E-state index contributed by atoms with van der Waals surface area (Å²) in [5, 5.41) is 5.13. The molecule has 0 unspecified atom stereocenters. The predicted molar refractivity (Wildman–Crippen MR) is 108 cm³/mol. The van der Waals surface area contributed by atoms with Gasteiger partial charge in [-0.25, -0.2) is 0 Å². The van der Waals surface area contributed by atoms with Crippen LogP contribution in [0.4, 0.5) is 0 Å². The van der Waals surface area contributed by atoms with Gasteiger partial charge in [0.15, 0.2) is 6.61 Å². The Balaban J connectivity index is 1.55. The van der Waals surface area contributed by atoms with E-state index in [9.17, 15) is 4.79 Å². The molecule has 146 valence electrons. The van der Waals surface area contributed by atoms with Crippen LogP contribution in [0.5, 0.6) is 5.75 Å². The van der Waals surface area contributed by atoms with E-state index in [1.54, 1.807) is 11.3 Å². The van der Waals surface area contributed by atoms with Gasteiger partial charge in [-0.2, -0.15) is 0 Å². The average molecular weight is 389 g/mol. The third kappa shape index (κ3) is 5.54. The van der Waals surface area contributed by atoms with E-state index < -0.39 is 0 Å². The number of hydrogen-bond donors (Lipinski definition) is 1. The third-order valence-corrected chi connectivity index (χ3v) is 5.72. The summed E-state index contributed by atoms with van der Waals surface area (Å²) in [5.41, 5.74) is 1.12. The third-order valence-electron chi connectivity index (χ3n) is 4.75. The number of para-hydroxylation sites is 1. The number of benzene rings is 1. The van der Waals surface area contributed by atoms with Crippen molar-refractivity contribution in [2.75, 3.05) is 39.5 Å². The van der Waals surface area contributed by atoms with Crippen molar-refractivity contribution in [1.82, 2.24) is 10.2 Å². The molecule has 5 nitrogen and oxygen atoms in total. The smallest absolute Gasteiger partial charge is 0.258 e. The first kappa shape index (κ1) is 19.9. The first-order valence-electron chi connectivity index (χ1n) is 9.48. The largest absolute Gasteiger partial charge is 0.483 e. The maximum atomic E-state index is 12.4. The van der Waals surface area contributed by atoms with Crippen molar-refractivity contribution in [3.63, 3.8) is 0 Å². The van der Waals surface area contributed by atoms with Crippen LogP contribution in [0.15, 0.2) is 41.8 Å². The molecule has 6 heteroatoms. The van der Waals surface area contributed by atoms with E-state index in [1.165, 1.54) is 4.88 Å². The molecule has 1 fully saturated rings. The van der Waals surface area contributed by atoms with E-state index in [0.717, 1.165) is 37.6 Å². The van der Waals surface area contributed by atoms with E-state index in [-0.39, 0.29) is 18.6 Å². The zero-order valence-electron chi connectivity index (χ0n) is 16.0. The van der Waals surface area contributed by atoms with Gasteiger partial charge in [0.2, 0.25) is 0 Å². The first-order valence-corrected chi connectivity index (χ1v) is 10.4. The highest BCUT2D eigenvalue weighted by atomic mass is 32.1. The molecular weight excluding hydrogens is 360 g/mol. The van der Waals surface area contributed by atoms with Crippen molar-refractivity contribution in [3.05, 3.63) is 52.2 Å². The fourth-order valence-electron chi connectivity index (χ4n) is 3.27. The highest BCUT2D eigenvalue weighted by Crippen LogP contribution is 2.26. The molecule has 1 amide bonds. The number of nitrogens with zero attached hydrogens (tertiary/aromatic N) is 1. The molecule has 1 saturated heterocycles. The molecule has 1 aromatic heterocycles. The fraction of sp³-hybridized carbons (Fsp3) is 0.476. The predicted octanol–water partition coefficient (Wildman–Crippen LogP) is 3.44. The Labute approximate surface area is 165 Å². The summed E-state index contributed by atoms with van der Waals surface area (Å²) in [7, 11) is 0. The molecule has 1 N–H and O–H groups in total. The van der Waals surface area contributed by atoms with Crippen LogP contribution in [-0.2, 0) is 9.53 Å². The van der Waals surface area contributed by atoms with Gasteiger partial charge in [0.1, 0.15) is 5.75 Å². The number of amides is 1. The number of rotatable bonds is 8. The second-order valence-electron chi connectivity index (χ2n) is 6.96. The number of carbonyl (C=O) groups is 1. The second-order valence-corrected chi connectivity index (χ2v) is 7.94. The Hall–Kier alpha value is -1.89. The summed E-state index contributed by atoms with van der Waals surface area (Å²) in [6.45, 7) is 8.11. The van der Waals surface area contributed by atoms with Crippen molar-refractivity contribution in [2.24, 2.45) is 0 Å². The average Bonchev–Trinajstić information content (AvgIpc) is 3.22. The molecule has 0 spiro atoms. The maximum Gasteiger partial charge on any atom is 0.258 e. The SMILES string of the molecule is CC(C)c1ccccc1OCC(=O)NC[C@H](c1cccs1)N1CCOCC1. The summed E-state index contributed by atoms with van der Waals surface area (Å²) < 4.78 is 11.3. The number of nitrogens with one attached hydrogen (secondary N) is 1. The topological polar surface area (TPSA) is 50.8 Å². The van der Waals surface area contributed by atoms with Gasteiger partial charge >= 0.3 is 0 Å². The van der Waals surface area contributed by atoms with Crippen LogP contribution in [0.1, 0.15) is 36.2 Å². The molecule has 2 heterocycles. The molecule has 1 aliphatic heterocycles. The Bertz CT molecular complexity index is 712. The van der Waals surface area contributed by atoms with Crippen LogP contribution >= 0.6 is 11.3 Å². The molecule has 0 aliphatic carbocycles. The van der Waals surface area contributed by atoms with Gasteiger partial charge in [-0.05, 0) is 29.0 Å². The standard InChI is InChI=1S/C21H28N2O3S/c1-16(2)17-6-3-4-7-19(17)26-15-21(24)22-14-18(20-8-5-13-27-20)23-9-11-25-12-10-23/h3-8,13,16,18H,9-12,14-15H2,1-2H3,(H,22,24)/t18-/m1/s1. The monoisotopic (exact) mass is 388 g/mol. The molecule has 2 aromatic rings. The zero-order chi connectivity index (χ0) is 19.1. The van der Waals surface area contributed by atoms with Crippen LogP contribution < -0.4 is 10.1 Å². The normalized spacial score (nSPS) is 16.3. The Morgan fingerprint density at radius 1 is 1.22 bits per heavy atom. The minimum atomic E-state index is -0.0941. The number of carbonyl (C=O) groups excluding carboxylic acids is 1. The van der Waals surface area contributed by atoms with Crippen LogP contribution in [-0.4, -0.2) is 50.3 Å². The van der Waals surface area contributed by atoms with Crippen LogP contribution in [0, 0.1) is 0 Å². The zero-order valence-corrected chi connectivity index (χ0v) is 16.8. The summed E-state index contributed by atoms with van der Waals surface area (Å²) >= 11 is 1.73. The van der Waals surface area contributed by atoms with Crippen molar-refractivity contribution in [2.45, 2.75) is 25.8 Å². The van der Waals surface area contributed by atoms with E-state index in [2.05, 4.69) is 41.6 Å². The lowest BCUT2D eigenvalue weighted by Gasteiger charge is -2.34. The molecule has 0 radical (unpaired) electrons. The minimum Gasteiger partial charge on any atom is -0.483 e. The highest BCUT2D eigenvalue weighted by Gasteiger charge is 2.24. The summed E-state index contributed by atoms with van der Waals surface area (Å²) in [6.07, 6.45) is 0. The molecule has 0 bridgehead atoms. The quantitative estimate of drug-likeness (QED) is 0.753. The van der Waals surface area contributed by atoms with Crippen LogP contribution in [0.2, 0.25) is 0 Å². The number of thiophene rings is 1. The van der Waals surface area contributed by atoms with E-state index in [0.29, 0.717) is 12.5 Å². The lowest BCUT2D eigenvalue weighted by atomic mass is 10.0. The van der Waals surface area contributed by atoms with E-state index >= 15 is 0 Å². The highest BCUT2D eigenvalue weighted by molar-refractivity contribution is 7.10. The van der Waals surface area contributed by atoms with Gasteiger partial charge in [-0.3, -0.25) is 9.69 Å². The Morgan fingerprint density at radius 3 is 2.70 bits per heavy atom. The van der Waals surface area contributed by atoms with Gasteiger partial charge in [0.05, 0.1) is 19.3 Å². The lowest BCUT2D eigenvalue weighted by Crippen LogP contribution is -2.44. The van der Waals surface area contributed by atoms with Crippen molar-refractivity contribution in [1.29, 1.82) is 0 Å². The van der Waals surface area contributed by atoms with Crippen molar-refractivity contribution < 1.29 is 14.3 Å². The summed E-state index contributed by atoms with van der Waals surface area (Å²) in [6, 6.07) is 12.3. The van der Waals surface area contributed by atoms with E-state index in [1.807, 2.05) is 24.3 Å². The molecule has 27 heavy (non-hydrogen) atoms. The molecular formula is C21H28N2O3S. The molecule has 1 aliphatic rings.